The molecule has 27 heavy (non-hydrogen) atoms. The molecule has 0 saturated carbocycles. The Hall–Kier alpha value is -2.51. The maximum atomic E-state index is 10.7. The zero-order chi connectivity index (χ0) is 18.9. The fourth-order valence-electron chi connectivity index (χ4n) is 3.14. The Morgan fingerprint density at radius 3 is 2.63 bits per heavy atom. The molecular weight excluding hydrogens is 344 g/mol. The summed E-state index contributed by atoms with van der Waals surface area (Å²) in [6.45, 7) is 4.58. The number of aromatic nitrogens is 2. The second kappa shape index (κ2) is 9.99. The second-order valence-corrected chi connectivity index (χ2v) is 6.70. The van der Waals surface area contributed by atoms with Crippen LogP contribution in [0.5, 0.6) is 0 Å². The maximum absolute atomic E-state index is 10.7. The van der Waals surface area contributed by atoms with Crippen molar-refractivity contribution in [2.24, 2.45) is 0 Å². The monoisotopic (exact) mass is 370 g/mol. The molecule has 2 N–H and O–H groups in total. The molecule has 1 aromatic heterocycles. The summed E-state index contributed by atoms with van der Waals surface area (Å²) in [7, 11) is 0. The highest BCUT2D eigenvalue weighted by Crippen LogP contribution is 2.16. The van der Waals surface area contributed by atoms with Crippen LogP contribution in [-0.4, -0.2) is 58.3 Å². The van der Waals surface area contributed by atoms with Gasteiger partial charge in [-0.2, -0.15) is 0 Å². The molecule has 0 spiro atoms. The second-order valence-electron chi connectivity index (χ2n) is 6.70. The van der Waals surface area contributed by atoms with E-state index in [0.29, 0.717) is 25.1 Å². The Morgan fingerprint density at radius 2 is 1.96 bits per heavy atom. The van der Waals surface area contributed by atoms with Crippen LogP contribution in [0.2, 0.25) is 0 Å². The summed E-state index contributed by atoms with van der Waals surface area (Å²) in [5, 5.41) is 11.9. The number of rotatable bonds is 9. The van der Waals surface area contributed by atoms with Crippen molar-refractivity contribution in [3.63, 3.8) is 0 Å². The molecule has 144 valence electrons. The molecule has 0 unspecified atom stereocenters. The van der Waals surface area contributed by atoms with Gasteiger partial charge in [-0.25, -0.2) is 14.8 Å². The van der Waals surface area contributed by atoms with Gasteiger partial charge in [0.05, 0.1) is 18.5 Å². The summed E-state index contributed by atoms with van der Waals surface area (Å²) in [5.74, 6) is -0.494. The number of ether oxygens (including phenoxy) is 1. The van der Waals surface area contributed by atoms with Gasteiger partial charge in [0.1, 0.15) is 5.82 Å². The van der Waals surface area contributed by atoms with E-state index in [4.69, 9.17) is 9.84 Å². The van der Waals surface area contributed by atoms with Crippen molar-refractivity contribution in [1.82, 2.24) is 14.9 Å². The first-order valence-corrected chi connectivity index (χ1v) is 9.38. The molecule has 0 radical (unpaired) electrons. The van der Waals surface area contributed by atoms with Crippen LogP contribution in [0.4, 0.5) is 5.82 Å². The molecule has 0 aliphatic carbocycles. The summed E-state index contributed by atoms with van der Waals surface area (Å²) >= 11 is 0. The van der Waals surface area contributed by atoms with Gasteiger partial charge in [0.2, 0.25) is 0 Å². The van der Waals surface area contributed by atoms with Crippen molar-refractivity contribution in [2.45, 2.75) is 31.9 Å². The number of carbonyl (C=O) groups is 1. The summed E-state index contributed by atoms with van der Waals surface area (Å²) in [5.41, 5.74) is 1.31. The quantitative estimate of drug-likeness (QED) is 0.656. The molecule has 1 aliphatic rings. The van der Waals surface area contributed by atoms with Crippen LogP contribution in [-0.2, 0) is 11.3 Å². The first-order valence-electron chi connectivity index (χ1n) is 9.38. The van der Waals surface area contributed by atoms with Gasteiger partial charge >= 0.3 is 5.97 Å². The van der Waals surface area contributed by atoms with Crippen LogP contribution in [0.1, 0.15) is 35.3 Å². The number of aromatic carboxylic acids is 1. The molecule has 7 heteroatoms. The number of carboxylic acid groups (broad SMARTS) is 1. The van der Waals surface area contributed by atoms with Crippen molar-refractivity contribution in [1.29, 1.82) is 0 Å². The number of hydrogen-bond acceptors (Lipinski definition) is 6. The van der Waals surface area contributed by atoms with E-state index >= 15 is 0 Å². The van der Waals surface area contributed by atoms with E-state index in [2.05, 4.69) is 50.5 Å². The van der Waals surface area contributed by atoms with E-state index in [0.717, 1.165) is 38.9 Å². The van der Waals surface area contributed by atoms with E-state index in [1.54, 1.807) is 0 Å². The third-order valence-corrected chi connectivity index (χ3v) is 4.64. The lowest BCUT2D eigenvalue weighted by molar-refractivity contribution is 0.00589. The van der Waals surface area contributed by atoms with Gasteiger partial charge in [0.25, 0.3) is 0 Å². The first kappa shape index (κ1) is 19.3. The van der Waals surface area contributed by atoms with Gasteiger partial charge in [-0.3, -0.25) is 4.90 Å². The molecule has 0 atom stereocenters. The van der Waals surface area contributed by atoms with Crippen LogP contribution in [0.3, 0.4) is 0 Å². The number of nitrogens with zero attached hydrogens (tertiary/aromatic N) is 3. The lowest BCUT2D eigenvalue weighted by atomic mass is 10.1. The van der Waals surface area contributed by atoms with Gasteiger partial charge < -0.3 is 15.2 Å². The van der Waals surface area contributed by atoms with Crippen LogP contribution in [0.15, 0.2) is 42.7 Å². The minimum atomic E-state index is -1.07. The Balaban J connectivity index is 1.26. The fraction of sp³-hybridized carbons (Fsp3) is 0.450. The van der Waals surface area contributed by atoms with Crippen LogP contribution in [0, 0.1) is 0 Å². The Morgan fingerprint density at radius 1 is 1.19 bits per heavy atom. The third kappa shape index (κ3) is 6.30. The summed E-state index contributed by atoms with van der Waals surface area (Å²) in [6.07, 6.45) is 6.04. The Bertz CT molecular complexity index is 701. The maximum Gasteiger partial charge on any atom is 0.356 e. The Labute approximate surface area is 159 Å². The third-order valence-electron chi connectivity index (χ3n) is 4.64. The van der Waals surface area contributed by atoms with Crippen LogP contribution < -0.4 is 5.32 Å². The smallest absolute Gasteiger partial charge is 0.356 e. The highest BCUT2D eigenvalue weighted by Gasteiger charge is 2.19. The van der Waals surface area contributed by atoms with E-state index in [1.807, 2.05) is 0 Å². The van der Waals surface area contributed by atoms with E-state index in [-0.39, 0.29) is 5.69 Å². The van der Waals surface area contributed by atoms with Gasteiger partial charge in [-0.05, 0) is 24.8 Å². The van der Waals surface area contributed by atoms with Gasteiger partial charge in [0, 0.05) is 32.8 Å². The zero-order valence-corrected chi connectivity index (χ0v) is 15.4. The Kier molecular flexibility index (Phi) is 7.12. The number of nitrogens with one attached hydrogen (secondary N) is 1. The summed E-state index contributed by atoms with van der Waals surface area (Å²) in [6, 6.07) is 10.6. The number of benzene rings is 1. The van der Waals surface area contributed by atoms with Crippen molar-refractivity contribution in [3.8, 4) is 0 Å². The zero-order valence-electron chi connectivity index (χ0n) is 15.4. The van der Waals surface area contributed by atoms with Gasteiger partial charge in [-0.15, -0.1) is 0 Å². The molecule has 0 amide bonds. The van der Waals surface area contributed by atoms with E-state index in [9.17, 15) is 4.79 Å². The highest BCUT2D eigenvalue weighted by atomic mass is 16.5. The van der Waals surface area contributed by atoms with Crippen molar-refractivity contribution >= 4 is 11.8 Å². The minimum absolute atomic E-state index is 0.0533. The molecule has 3 rings (SSSR count). The molecule has 1 aromatic carbocycles. The highest BCUT2D eigenvalue weighted by molar-refractivity contribution is 5.84. The van der Waals surface area contributed by atoms with Crippen molar-refractivity contribution in [3.05, 3.63) is 54.0 Å². The number of carboxylic acids is 1. The molecule has 0 bridgehead atoms. The van der Waals surface area contributed by atoms with Gasteiger partial charge in [0.15, 0.2) is 5.69 Å². The molecular formula is C20H26N4O3. The molecule has 2 aromatic rings. The predicted molar refractivity (Wildman–Crippen MR) is 103 cm³/mol. The average molecular weight is 370 g/mol. The number of hydrogen-bond donors (Lipinski definition) is 2. The molecule has 1 fully saturated rings. The summed E-state index contributed by atoms with van der Waals surface area (Å²) in [4.78, 5) is 21.1. The number of likely N-dealkylation sites (tertiary alicyclic amines) is 1. The molecule has 1 aliphatic heterocycles. The lowest BCUT2D eigenvalue weighted by Crippen LogP contribution is -2.36. The predicted octanol–water partition coefficient (Wildman–Crippen LogP) is 2.66. The topological polar surface area (TPSA) is 87.6 Å². The normalized spacial score (nSPS) is 15.6. The largest absolute Gasteiger partial charge is 0.476 e. The standard InChI is InChI=1S/C20H26N4O3/c25-20(26)18-13-23-19(14-22-18)21-9-4-12-27-17-7-10-24(11-8-17)15-16-5-2-1-3-6-16/h1-3,5-6,13-14,17H,4,7-12,15H2,(H,21,23)(H,25,26). The fourth-order valence-corrected chi connectivity index (χ4v) is 3.14. The average Bonchev–Trinajstić information content (AvgIpc) is 2.70. The van der Waals surface area contributed by atoms with Crippen LogP contribution in [0.25, 0.3) is 0 Å². The van der Waals surface area contributed by atoms with Gasteiger partial charge in [-0.1, -0.05) is 30.3 Å². The molecule has 2 heterocycles. The van der Waals surface area contributed by atoms with E-state index in [1.165, 1.54) is 18.0 Å². The summed E-state index contributed by atoms with van der Waals surface area (Å²) < 4.78 is 5.99. The SMILES string of the molecule is O=C(O)c1cnc(NCCCOC2CCN(Cc3ccccc3)CC2)cn1. The van der Waals surface area contributed by atoms with Crippen LogP contribution >= 0.6 is 0 Å². The minimum Gasteiger partial charge on any atom is -0.476 e. The lowest BCUT2D eigenvalue weighted by Gasteiger charge is -2.32. The van der Waals surface area contributed by atoms with Crippen molar-refractivity contribution in [2.75, 3.05) is 31.6 Å². The molecule has 7 nitrogen and oxygen atoms in total. The number of anilines is 1. The van der Waals surface area contributed by atoms with Crippen molar-refractivity contribution < 1.29 is 14.6 Å². The number of piperidine rings is 1. The first-order chi connectivity index (χ1) is 13.2. The molecule has 1 saturated heterocycles. The van der Waals surface area contributed by atoms with E-state index < -0.39 is 5.97 Å².